The van der Waals surface area contributed by atoms with Crippen molar-refractivity contribution >= 4 is 46.3 Å². The fourth-order valence-corrected chi connectivity index (χ4v) is 3.50. The molecule has 0 aromatic heterocycles. The van der Waals surface area contributed by atoms with E-state index in [0.29, 0.717) is 39.9 Å². The molecule has 2 aromatic carbocycles. The number of carbonyl (C=O) groups excluding carboxylic acids is 2. The minimum absolute atomic E-state index is 0.0979. The molecule has 0 fully saturated rings. The van der Waals surface area contributed by atoms with Gasteiger partial charge < -0.3 is 10.1 Å². The summed E-state index contributed by atoms with van der Waals surface area (Å²) in [6.45, 7) is 6.50. The van der Waals surface area contributed by atoms with E-state index in [9.17, 15) is 9.59 Å². The van der Waals surface area contributed by atoms with Gasteiger partial charge in [0.05, 0.1) is 11.7 Å². The Morgan fingerprint density at radius 3 is 2.40 bits per heavy atom. The Balaban J connectivity index is 1.94. The molecule has 0 atom stereocenters. The number of nitrogens with zero attached hydrogens (tertiary/aromatic N) is 1. The number of nitrogens with one attached hydrogen (secondary N) is 1. The molecule has 30 heavy (non-hydrogen) atoms. The first-order valence-corrected chi connectivity index (χ1v) is 10.6. The van der Waals surface area contributed by atoms with E-state index in [1.807, 2.05) is 26.8 Å². The van der Waals surface area contributed by atoms with Crippen LogP contribution in [0.15, 0.2) is 48.2 Å². The minimum Gasteiger partial charge on any atom is -0.379 e. The van der Waals surface area contributed by atoms with Gasteiger partial charge in [0.1, 0.15) is 5.70 Å². The molecule has 7 heteroatoms. The molecule has 5 nitrogen and oxygen atoms in total. The molecule has 1 heterocycles. The van der Waals surface area contributed by atoms with Crippen molar-refractivity contribution in [3.05, 3.63) is 69.3 Å². The quantitative estimate of drug-likeness (QED) is 0.440. The van der Waals surface area contributed by atoms with Crippen LogP contribution >= 0.6 is 23.2 Å². The molecular weight excluding hydrogens is 423 g/mol. The fourth-order valence-electron chi connectivity index (χ4n) is 3.20. The van der Waals surface area contributed by atoms with Crippen LogP contribution in [0.5, 0.6) is 0 Å². The van der Waals surface area contributed by atoms with Gasteiger partial charge in [-0.3, -0.25) is 14.5 Å². The van der Waals surface area contributed by atoms with Gasteiger partial charge in [0, 0.05) is 28.9 Å². The molecule has 0 spiro atoms. The van der Waals surface area contributed by atoms with Crippen molar-refractivity contribution in [2.24, 2.45) is 0 Å². The summed E-state index contributed by atoms with van der Waals surface area (Å²) in [5.74, 6) is -0.706. The molecule has 0 aliphatic carbocycles. The Morgan fingerprint density at radius 2 is 1.73 bits per heavy atom. The van der Waals surface area contributed by atoms with Gasteiger partial charge in [-0.1, -0.05) is 41.4 Å². The van der Waals surface area contributed by atoms with Crippen molar-refractivity contribution in [2.75, 3.05) is 18.5 Å². The van der Waals surface area contributed by atoms with Crippen molar-refractivity contribution in [1.82, 2.24) is 4.90 Å². The fraction of sp³-hybridized carbons (Fsp3) is 0.304. The maximum atomic E-state index is 13.2. The summed E-state index contributed by atoms with van der Waals surface area (Å²) in [5.41, 5.74) is 2.65. The number of rotatable bonds is 8. The highest BCUT2D eigenvalue weighted by Gasteiger charge is 2.39. The van der Waals surface area contributed by atoms with Crippen LogP contribution in [-0.2, 0) is 14.3 Å². The molecule has 0 saturated heterocycles. The molecule has 1 N–H and O–H groups in total. The first-order chi connectivity index (χ1) is 14.3. The van der Waals surface area contributed by atoms with Gasteiger partial charge in [-0.05, 0) is 62.6 Å². The van der Waals surface area contributed by atoms with Crippen LogP contribution in [0.4, 0.5) is 5.69 Å². The number of amides is 2. The molecule has 2 aromatic rings. The van der Waals surface area contributed by atoms with E-state index < -0.39 is 0 Å². The predicted molar refractivity (Wildman–Crippen MR) is 121 cm³/mol. The number of benzene rings is 2. The van der Waals surface area contributed by atoms with E-state index in [1.165, 1.54) is 4.90 Å². The van der Waals surface area contributed by atoms with Gasteiger partial charge in [-0.25, -0.2) is 0 Å². The molecule has 2 amide bonds. The summed E-state index contributed by atoms with van der Waals surface area (Å²) in [6, 6.07) is 12.3. The van der Waals surface area contributed by atoms with E-state index in [0.717, 1.165) is 5.56 Å². The highest BCUT2D eigenvalue weighted by Crippen LogP contribution is 2.33. The van der Waals surface area contributed by atoms with Crippen LogP contribution in [-0.4, -0.2) is 36.0 Å². The lowest BCUT2D eigenvalue weighted by Crippen LogP contribution is -2.34. The standard InChI is InChI=1S/C23H24Cl2N2O3/c1-14(2)30-13-5-12-27-22(28)20(16-8-10-17(24)11-9-16)21(23(27)29)26-19-7-4-6-18(25)15(19)3/h4,6-11,14,26H,5,12-13H2,1-3H3. The van der Waals surface area contributed by atoms with Crippen molar-refractivity contribution in [3.8, 4) is 0 Å². The molecule has 1 aliphatic rings. The number of imide groups is 1. The van der Waals surface area contributed by atoms with Crippen LogP contribution < -0.4 is 5.32 Å². The Kier molecular flexibility index (Phi) is 7.19. The van der Waals surface area contributed by atoms with E-state index in [2.05, 4.69) is 5.32 Å². The SMILES string of the molecule is Cc1c(Cl)cccc1NC1=C(c2ccc(Cl)cc2)C(=O)N(CCCOC(C)C)C1=O. The van der Waals surface area contributed by atoms with Gasteiger partial charge in [0.25, 0.3) is 11.8 Å². The smallest absolute Gasteiger partial charge is 0.278 e. The van der Waals surface area contributed by atoms with Crippen LogP contribution in [0.25, 0.3) is 5.57 Å². The summed E-state index contributed by atoms with van der Waals surface area (Å²) in [5, 5.41) is 4.28. The topological polar surface area (TPSA) is 58.6 Å². The lowest BCUT2D eigenvalue weighted by molar-refractivity contribution is -0.137. The third-order valence-electron chi connectivity index (χ3n) is 4.81. The molecule has 0 unspecified atom stereocenters. The van der Waals surface area contributed by atoms with Crippen molar-refractivity contribution in [1.29, 1.82) is 0 Å². The van der Waals surface area contributed by atoms with Crippen molar-refractivity contribution in [2.45, 2.75) is 33.3 Å². The number of halogens is 2. The van der Waals surface area contributed by atoms with Gasteiger partial charge >= 0.3 is 0 Å². The predicted octanol–water partition coefficient (Wildman–Crippen LogP) is 5.31. The Hall–Kier alpha value is -2.34. The molecule has 158 valence electrons. The van der Waals surface area contributed by atoms with Gasteiger partial charge in [-0.2, -0.15) is 0 Å². The van der Waals surface area contributed by atoms with E-state index >= 15 is 0 Å². The zero-order chi connectivity index (χ0) is 21.8. The highest BCUT2D eigenvalue weighted by molar-refractivity contribution is 6.37. The third-order valence-corrected chi connectivity index (χ3v) is 5.47. The average Bonchev–Trinajstić information content (AvgIpc) is 2.93. The molecule has 0 saturated carbocycles. The number of carbonyl (C=O) groups is 2. The average molecular weight is 447 g/mol. The third kappa shape index (κ3) is 4.86. The largest absolute Gasteiger partial charge is 0.379 e. The Morgan fingerprint density at radius 1 is 1.03 bits per heavy atom. The van der Waals surface area contributed by atoms with Crippen LogP contribution in [0.3, 0.4) is 0 Å². The lowest BCUT2D eigenvalue weighted by atomic mass is 10.0. The van der Waals surface area contributed by atoms with Crippen LogP contribution in [0.1, 0.15) is 31.4 Å². The van der Waals surface area contributed by atoms with E-state index in [-0.39, 0.29) is 30.2 Å². The van der Waals surface area contributed by atoms with Crippen LogP contribution in [0, 0.1) is 6.92 Å². The second-order valence-corrected chi connectivity index (χ2v) is 8.17. The summed E-state index contributed by atoms with van der Waals surface area (Å²) in [4.78, 5) is 27.6. The Bertz CT molecular complexity index is 984. The monoisotopic (exact) mass is 446 g/mol. The maximum absolute atomic E-state index is 13.2. The van der Waals surface area contributed by atoms with Gasteiger partial charge in [0.15, 0.2) is 0 Å². The minimum atomic E-state index is -0.367. The highest BCUT2D eigenvalue weighted by atomic mass is 35.5. The number of hydrogen-bond acceptors (Lipinski definition) is 4. The molecule has 0 bridgehead atoms. The van der Waals surface area contributed by atoms with Gasteiger partial charge in [-0.15, -0.1) is 0 Å². The van der Waals surface area contributed by atoms with Crippen molar-refractivity contribution in [3.63, 3.8) is 0 Å². The lowest BCUT2D eigenvalue weighted by Gasteiger charge is -2.16. The number of anilines is 1. The molecule has 0 radical (unpaired) electrons. The summed E-state index contributed by atoms with van der Waals surface area (Å²) < 4.78 is 5.54. The maximum Gasteiger partial charge on any atom is 0.278 e. The van der Waals surface area contributed by atoms with E-state index in [1.54, 1.807) is 36.4 Å². The summed E-state index contributed by atoms with van der Waals surface area (Å²) in [6.07, 6.45) is 0.660. The second kappa shape index (κ2) is 9.65. The normalized spacial score (nSPS) is 14.3. The van der Waals surface area contributed by atoms with Gasteiger partial charge in [0.2, 0.25) is 0 Å². The summed E-state index contributed by atoms with van der Waals surface area (Å²) in [7, 11) is 0. The molecule has 3 rings (SSSR count). The summed E-state index contributed by atoms with van der Waals surface area (Å²) >= 11 is 12.2. The van der Waals surface area contributed by atoms with E-state index in [4.69, 9.17) is 27.9 Å². The molecule has 1 aliphatic heterocycles. The first-order valence-electron chi connectivity index (χ1n) is 9.79. The number of hydrogen-bond donors (Lipinski definition) is 1. The Labute approximate surface area is 186 Å². The zero-order valence-corrected chi connectivity index (χ0v) is 18.7. The van der Waals surface area contributed by atoms with Crippen LogP contribution in [0.2, 0.25) is 10.0 Å². The number of ether oxygens (including phenoxy) is 1. The first kappa shape index (κ1) is 22.3. The molecular formula is C23H24Cl2N2O3. The second-order valence-electron chi connectivity index (χ2n) is 7.33. The zero-order valence-electron chi connectivity index (χ0n) is 17.2. The van der Waals surface area contributed by atoms with Crippen molar-refractivity contribution < 1.29 is 14.3 Å².